The lowest BCUT2D eigenvalue weighted by molar-refractivity contribution is -0.163. The van der Waals surface area contributed by atoms with Gasteiger partial charge in [-0.15, -0.1) is 0 Å². The first-order chi connectivity index (χ1) is 30.6. The van der Waals surface area contributed by atoms with Crippen LogP contribution in [0.25, 0.3) is 0 Å². The minimum Gasteiger partial charge on any atom is -0.462 e. The maximum Gasteiger partial charge on any atom is 0.306 e. The first-order valence-corrected chi connectivity index (χ1v) is 28.6. The van der Waals surface area contributed by atoms with Crippen molar-refractivity contribution in [2.24, 2.45) is 0 Å². The molecule has 0 radical (unpaired) electrons. The van der Waals surface area contributed by atoms with Gasteiger partial charge in [0, 0.05) is 19.4 Å². The third-order valence-corrected chi connectivity index (χ3v) is 13.1. The van der Waals surface area contributed by atoms with Gasteiger partial charge in [0.2, 0.25) is 0 Å². The monoisotopic (exact) mass is 877 g/mol. The van der Waals surface area contributed by atoms with E-state index in [2.05, 4.69) is 20.8 Å². The van der Waals surface area contributed by atoms with Gasteiger partial charge in [0.25, 0.3) is 0 Å². The molecule has 5 heteroatoms. The smallest absolute Gasteiger partial charge is 0.306 e. The van der Waals surface area contributed by atoms with Crippen molar-refractivity contribution in [3.63, 3.8) is 0 Å². The van der Waals surface area contributed by atoms with Crippen LogP contribution < -0.4 is 0 Å². The SMILES string of the molecule is CCCCCCCCCCCCCCCCCCCCCC(=O)OCC(COCCCCCCCCCCCCCCCCCCCC)OC(=O)CCCCCCCCCCC. The Morgan fingerprint density at radius 1 is 0.290 bits per heavy atom. The molecule has 0 aromatic rings. The third-order valence-electron chi connectivity index (χ3n) is 13.1. The summed E-state index contributed by atoms with van der Waals surface area (Å²) in [4.78, 5) is 25.4. The molecule has 0 aromatic carbocycles. The molecule has 62 heavy (non-hydrogen) atoms. The Hall–Kier alpha value is -1.10. The van der Waals surface area contributed by atoms with Crippen molar-refractivity contribution in [1.29, 1.82) is 0 Å². The molecule has 0 N–H and O–H groups in total. The van der Waals surface area contributed by atoms with Crippen LogP contribution >= 0.6 is 0 Å². The summed E-state index contributed by atoms with van der Waals surface area (Å²) in [5.74, 6) is -0.370. The van der Waals surface area contributed by atoms with Gasteiger partial charge >= 0.3 is 11.9 Å². The Labute approximate surface area is 389 Å². The van der Waals surface area contributed by atoms with Gasteiger partial charge in [-0.2, -0.15) is 0 Å². The summed E-state index contributed by atoms with van der Waals surface area (Å²) in [6.07, 6.45) is 61.3. The number of unbranched alkanes of at least 4 members (excludes halogenated alkanes) is 43. The molecule has 0 rings (SSSR count). The van der Waals surface area contributed by atoms with Gasteiger partial charge < -0.3 is 14.2 Å². The Morgan fingerprint density at radius 2 is 0.532 bits per heavy atom. The zero-order chi connectivity index (χ0) is 44.9. The molecule has 0 aromatic heterocycles. The van der Waals surface area contributed by atoms with Crippen molar-refractivity contribution in [3.05, 3.63) is 0 Å². The average Bonchev–Trinajstić information content (AvgIpc) is 3.27. The number of esters is 2. The standard InChI is InChI=1S/C57H112O5/c1-4-7-10-13-16-19-21-23-25-27-29-30-32-34-36-39-41-44-47-50-56(58)61-54-55(62-57(59)51-48-45-42-38-18-15-12-9-6-3)53-60-52-49-46-43-40-37-35-33-31-28-26-24-22-20-17-14-11-8-5-2/h55H,4-54H2,1-3H3. The van der Waals surface area contributed by atoms with Crippen LogP contribution in [0.2, 0.25) is 0 Å². The summed E-state index contributed by atoms with van der Waals surface area (Å²) < 4.78 is 17.4. The zero-order valence-corrected chi connectivity index (χ0v) is 42.7. The first kappa shape index (κ1) is 60.9. The van der Waals surface area contributed by atoms with E-state index in [0.717, 1.165) is 32.1 Å². The van der Waals surface area contributed by atoms with Gasteiger partial charge in [-0.25, -0.2) is 0 Å². The maximum absolute atomic E-state index is 12.8. The van der Waals surface area contributed by atoms with E-state index >= 15 is 0 Å². The molecule has 0 bridgehead atoms. The van der Waals surface area contributed by atoms with Crippen LogP contribution in [-0.4, -0.2) is 37.9 Å². The number of hydrogen-bond acceptors (Lipinski definition) is 5. The summed E-state index contributed by atoms with van der Waals surface area (Å²) in [6.45, 7) is 7.91. The highest BCUT2D eigenvalue weighted by atomic mass is 16.6. The van der Waals surface area contributed by atoms with Gasteiger partial charge in [-0.05, 0) is 19.3 Å². The van der Waals surface area contributed by atoms with E-state index in [9.17, 15) is 9.59 Å². The fraction of sp³-hybridized carbons (Fsp3) is 0.965. The number of carbonyl (C=O) groups is 2. The predicted molar refractivity (Wildman–Crippen MR) is 270 cm³/mol. The van der Waals surface area contributed by atoms with Crippen LogP contribution in [-0.2, 0) is 23.8 Å². The Balaban J connectivity index is 4.06. The summed E-state index contributed by atoms with van der Waals surface area (Å²) in [7, 11) is 0. The predicted octanol–water partition coefficient (Wildman–Crippen LogP) is 19.2. The molecule has 1 atom stereocenters. The van der Waals surface area contributed by atoms with Crippen LogP contribution in [0.3, 0.4) is 0 Å². The summed E-state index contributed by atoms with van der Waals surface area (Å²) in [6, 6.07) is 0. The van der Waals surface area contributed by atoms with Gasteiger partial charge in [0.05, 0.1) is 6.61 Å². The molecule has 0 aliphatic rings. The highest BCUT2D eigenvalue weighted by molar-refractivity contribution is 5.70. The largest absolute Gasteiger partial charge is 0.462 e. The normalized spacial score (nSPS) is 12.0. The van der Waals surface area contributed by atoms with Crippen LogP contribution in [0, 0.1) is 0 Å². The molecule has 0 aliphatic carbocycles. The highest BCUT2D eigenvalue weighted by Crippen LogP contribution is 2.17. The Morgan fingerprint density at radius 3 is 0.823 bits per heavy atom. The fourth-order valence-electron chi connectivity index (χ4n) is 8.87. The lowest BCUT2D eigenvalue weighted by atomic mass is 10.0. The van der Waals surface area contributed by atoms with Crippen LogP contribution in [0.15, 0.2) is 0 Å². The number of hydrogen-bond donors (Lipinski definition) is 0. The van der Waals surface area contributed by atoms with Crippen molar-refractivity contribution >= 4 is 11.9 Å². The molecule has 0 saturated carbocycles. The Kier molecular flexibility index (Phi) is 53.3. The topological polar surface area (TPSA) is 61.8 Å². The molecular weight excluding hydrogens is 765 g/mol. The highest BCUT2D eigenvalue weighted by Gasteiger charge is 2.17. The van der Waals surface area contributed by atoms with E-state index in [0.29, 0.717) is 26.1 Å². The molecule has 0 aliphatic heterocycles. The summed E-state index contributed by atoms with van der Waals surface area (Å²) in [5, 5.41) is 0. The fourth-order valence-corrected chi connectivity index (χ4v) is 8.87. The van der Waals surface area contributed by atoms with E-state index in [1.807, 2.05) is 0 Å². The zero-order valence-electron chi connectivity index (χ0n) is 42.7. The lowest BCUT2D eigenvalue weighted by Gasteiger charge is -2.18. The first-order valence-electron chi connectivity index (χ1n) is 28.6. The molecule has 5 nitrogen and oxygen atoms in total. The summed E-state index contributed by atoms with van der Waals surface area (Å²) >= 11 is 0. The van der Waals surface area contributed by atoms with Crippen LogP contribution in [0.1, 0.15) is 329 Å². The maximum atomic E-state index is 12.8. The second-order valence-electron chi connectivity index (χ2n) is 19.6. The molecule has 0 saturated heterocycles. The molecule has 0 fully saturated rings. The number of ether oxygens (including phenoxy) is 3. The van der Waals surface area contributed by atoms with E-state index in [4.69, 9.17) is 14.2 Å². The van der Waals surface area contributed by atoms with E-state index < -0.39 is 6.10 Å². The quantitative estimate of drug-likeness (QED) is 0.0450. The molecular formula is C57H112O5. The van der Waals surface area contributed by atoms with Crippen molar-refractivity contribution in [2.75, 3.05) is 19.8 Å². The molecule has 0 spiro atoms. The molecule has 1 unspecified atom stereocenters. The number of carbonyl (C=O) groups excluding carboxylic acids is 2. The van der Waals surface area contributed by atoms with Gasteiger partial charge in [-0.1, -0.05) is 297 Å². The van der Waals surface area contributed by atoms with E-state index in [1.54, 1.807) is 0 Å². The second-order valence-corrected chi connectivity index (χ2v) is 19.6. The molecule has 0 amide bonds. The van der Waals surface area contributed by atoms with Crippen LogP contribution in [0.4, 0.5) is 0 Å². The lowest BCUT2D eigenvalue weighted by Crippen LogP contribution is -2.30. The molecule has 370 valence electrons. The Bertz CT molecular complexity index is 860. The second kappa shape index (κ2) is 54.2. The van der Waals surface area contributed by atoms with Gasteiger partial charge in [-0.3, -0.25) is 9.59 Å². The molecule has 0 heterocycles. The number of rotatable bonds is 54. The van der Waals surface area contributed by atoms with Gasteiger partial charge in [0.15, 0.2) is 6.10 Å². The third kappa shape index (κ3) is 51.5. The summed E-state index contributed by atoms with van der Waals surface area (Å²) in [5.41, 5.74) is 0. The van der Waals surface area contributed by atoms with Crippen molar-refractivity contribution in [3.8, 4) is 0 Å². The minimum absolute atomic E-state index is 0.0978. The van der Waals surface area contributed by atoms with Crippen LogP contribution in [0.5, 0.6) is 0 Å². The van der Waals surface area contributed by atoms with Crippen molar-refractivity contribution in [1.82, 2.24) is 0 Å². The minimum atomic E-state index is -0.523. The van der Waals surface area contributed by atoms with E-state index in [-0.39, 0.29) is 18.5 Å². The van der Waals surface area contributed by atoms with Gasteiger partial charge in [0.1, 0.15) is 6.61 Å². The van der Waals surface area contributed by atoms with Crippen molar-refractivity contribution < 1.29 is 23.8 Å². The van der Waals surface area contributed by atoms with Crippen molar-refractivity contribution in [2.45, 2.75) is 335 Å². The van der Waals surface area contributed by atoms with E-state index in [1.165, 1.54) is 263 Å². The average molecular weight is 878 g/mol.